The molecule has 0 aromatic carbocycles. The van der Waals surface area contributed by atoms with Gasteiger partial charge >= 0.3 is 5.69 Å². The van der Waals surface area contributed by atoms with Crippen molar-refractivity contribution in [1.29, 1.82) is 0 Å². The molecule has 1 aromatic heterocycles. The van der Waals surface area contributed by atoms with Crippen LogP contribution < -0.4 is 11.2 Å². The van der Waals surface area contributed by atoms with Crippen LogP contribution in [0, 0.1) is 6.92 Å². The van der Waals surface area contributed by atoms with Crippen molar-refractivity contribution in [3.63, 3.8) is 0 Å². The van der Waals surface area contributed by atoms with Crippen molar-refractivity contribution in [1.82, 2.24) is 9.55 Å². The van der Waals surface area contributed by atoms with Crippen LogP contribution in [0.3, 0.4) is 0 Å². The predicted molar refractivity (Wildman–Crippen MR) is 66.5 cm³/mol. The summed E-state index contributed by atoms with van der Waals surface area (Å²) in [4.78, 5) is 28.0. The van der Waals surface area contributed by atoms with Crippen LogP contribution in [0.15, 0.2) is 14.7 Å². The Bertz CT molecular complexity index is 674. The van der Waals surface area contributed by atoms with Gasteiger partial charge in [-0.05, 0) is 17.6 Å². The summed E-state index contributed by atoms with van der Waals surface area (Å²) < 4.78 is 6.30. The number of rotatable bonds is 3. The lowest BCUT2D eigenvalue weighted by Gasteiger charge is -2.17. The number of azide groups is 1. The molecule has 2 rings (SSSR count). The Morgan fingerprint density at radius 1 is 1.60 bits per heavy atom. The van der Waals surface area contributed by atoms with Crippen molar-refractivity contribution in [3.8, 4) is 0 Å². The number of aliphatic hydroxyl groups is 2. The fourth-order valence-corrected chi connectivity index (χ4v) is 2.10. The van der Waals surface area contributed by atoms with E-state index in [-0.39, 0.29) is 17.8 Å². The monoisotopic (exact) mass is 283 g/mol. The summed E-state index contributed by atoms with van der Waals surface area (Å²) in [7, 11) is 0. The zero-order valence-corrected chi connectivity index (χ0v) is 10.6. The van der Waals surface area contributed by atoms with Crippen molar-refractivity contribution < 1.29 is 14.9 Å². The van der Waals surface area contributed by atoms with Gasteiger partial charge in [0.1, 0.15) is 18.1 Å². The van der Waals surface area contributed by atoms with Crippen LogP contribution in [0.2, 0.25) is 0 Å². The third-order valence-electron chi connectivity index (χ3n) is 3.15. The van der Waals surface area contributed by atoms with Gasteiger partial charge in [0.2, 0.25) is 0 Å². The first-order valence-corrected chi connectivity index (χ1v) is 5.84. The van der Waals surface area contributed by atoms with Crippen molar-refractivity contribution >= 4 is 5.82 Å². The van der Waals surface area contributed by atoms with Crippen molar-refractivity contribution in [3.05, 3.63) is 36.8 Å². The molecule has 10 heteroatoms. The van der Waals surface area contributed by atoms with Gasteiger partial charge in [0.05, 0.1) is 12.7 Å². The Balaban J connectivity index is 2.57. The fourth-order valence-electron chi connectivity index (χ4n) is 2.10. The smallest absolute Gasteiger partial charge is 0.330 e. The second-order valence-corrected chi connectivity index (χ2v) is 4.38. The van der Waals surface area contributed by atoms with Gasteiger partial charge in [0.15, 0.2) is 0 Å². The Morgan fingerprint density at radius 3 is 2.85 bits per heavy atom. The van der Waals surface area contributed by atoms with Crippen LogP contribution in [0.5, 0.6) is 0 Å². The maximum absolute atomic E-state index is 11.9. The van der Waals surface area contributed by atoms with E-state index in [1.54, 1.807) is 0 Å². The van der Waals surface area contributed by atoms with E-state index in [1.807, 2.05) is 0 Å². The number of aromatic amines is 1. The lowest BCUT2D eigenvalue weighted by molar-refractivity contribution is -0.0453. The average molecular weight is 283 g/mol. The number of nitrogens with zero attached hydrogens (tertiary/aromatic N) is 4. The van der Waals surface area contributed by atoms with E-state index in [0.29, 0.717) is 0 Å². The minimum Gasteiger partial charge on any atom is -0.394 e. The Morgan fingerprint density at radius 2 is 2.30 bits per heavy atom. The SMILES string of the molecule is Cc1c(N=[N+]=[N-])n([C@H]2CC(O)[C@@H](CO)O2)c(=O)[nH]c1=O. The molecule has 0 saturated carbocycles. The van der Waals surface area contributed by atoms with Crippen LogP contribution in [-0.2, 0) is 4.74 Å². The quantitative estimate of drug-likeness (QED) is 0.385. The number of ether oxygens (including phenoxy) is 1. The number of hydrogen-bond donors (Lipinski definition) is 3. The maximum atomic E-state index is 11.9. The highest BCUT2D eigenvalue weighted by molar-refractivity contribution is 5.36. The normalized spacial score (nSPS) is 25.4. The van der Waals surface area contributed by atoms with Gasteiger partial charge in [0, 0.05) is 16.9 Å². The van der Waals surface area contributed by atoms with Crippen molar-refractivity contribution in [2.24, 2.45) is 5.11 Å². The zero-order valence-electron chi connectivity index (χ0n) is 10.6. The lowest BCUT2D eigenvalue weighted by Crippen LogP contribution is -2.34. The highest BCUT2D eigenvalue weighted by Gasteiger charge is 2.36. The second kappa shape index (κ2) is 5.47. The van der Waals surface area contributed by atoms with E-state index in [9.17, 15) is 14.7 Å². The molecule has 1 aliphatic rings. The topological polar surface area (TPSA) is 153 Å². The van der Waals surface area contributed by atoms with Gasteiger partial charge in [-0.3, -0.25) is 14.3 Å². The second-order valence-electron chi connectivity index (χ2n) is 4.38. The van der Waals surface area contributed by atoms with Crippen LogP contribution in [0.4, 0.5) is 5.82 Å². The van der Waals surface area contributed by atoms with Gasteiger partial charge in [-0.25, -0.2) is 4.79 Å². The Hall–Kier alpha value is -2.13. The van der Waals surface area contributed by atoms with Gasteiger partial charge in [0.25, 0.3) is 5.56 Å². The van der Waals surface area contributed by atoms with Gasteiger partial charge in [-0.1, -0.05) is 0 Å². The summed E-state index contributed by atoms with van der Waals surface area (Å²) in [6.07, 6.45) is -2.68. The number of aliphatic hydroxyl groups excluding tert-OH is 2. The molecule has 1 fully saturated rings. The van der Waals surface area contributed by atoms with Crippen molar-refractivity contribution in [2.75, 3.05) is 6.61 Å². The molecule has 0 amide bonds. The van der Waals surface area contributed by atoms with Crippen LogP contribution in [-0.4, -0.2) is 38.6 Å². The molecule has 108 valence electrons. The Kier molecular flexibility index (Phi) is 3.91. The molecule has 0 radical (unpaired) electrons. The van der Waals surface area contributed by atoms with Gasteiger partial charge in [-0.2, -0.15) is 0 Å². The molecule has 1 unspecified atom stereocenters. The molecular weight excluding hydrogens is 270 g/mol. The van der Waals surface area contributed by atoms with Crippen LogP contribution in [0.25, 0.3) is 10.4 Å². The number of nitrogens with one attached hydrogen (secondary N) is 1. The first kappa shape index (κ1) is 14.3. The first-order valence-electron chi connectivity index (χ1n) is 5.84. The fraction of sp³-hybridized carbons (Fsp3) is 0.600. The summed E-state index contributed by atoms with van der Waals surface area (Å²) in [6.45, 7) is 0.985. The molecule has 3 N–H and O–H groups in total. The first-order chi connectivity index (χ1) is 9.49. The summed E-state index contributed by atoms with van der Waals surface area (Å²) in [5.74, 6) is -0.169. The molecule has 2 heterocycles. The number of aromatic nitrogens is 2. The zero-order chi connectivity index (χ0) is 14.9. The maximum Gasteiger partial charge on any atom is 0.330 e. The van der Waals surface area contributed by atoms with E-state index in [1.165, 1.54) is 6.92 Å². The minimum atomic E-state index is -0.956. The predicted octanol–water partition coefficient (Wildman–Crippen LogP) is -0.572. The molecule has 1 saturated heterocycles. The largest absolute Gasteiger partial charge is 0.394 e. The van der Waals surface area contributed by atoms with E-state index in [0.717, 1.165) is 4.57 Å². The Labute approximate surface area is 111 Å². The molecule has 1 aliphatic heterocycles. The van der Waals surface area contributed by atoms with E-state index < -0.39 is 36.3 Å². The van der Waals surface area contributed by atoms with E-state index in [2.05, 4.69) is 15.0 Å². The van der Waals surface area contributed by atoms with E-state index >= 15 is 0 Å². The molecule has 20 heavy (non-hydrogen) atoms. The van der Waals surface area contributed by atoms with E-state index in [4.69, 9.17) is 15.4 Å². The highest BCUT2D eigenvalue weighted by atomic mass is 16.5. The molecule has 10 nitrogen and oxygen atoms in total. The average Bonchev–Trinajstić information content (AvgIpc) is 2.76. The highest BCUT2D eigenvalue weighted by Crippen LogP contribution is 2.30. The molecule has 0 spiro atoms. The van der Waals surface area contributed by atoms with Gasteiger partial charge in [-0.15, -0.1) is 0 Å². The lowest BCUT2D eigenvalue weighted by atomic mass is 10.2. The summed E-state index contributed by atoms with van der Waals surface area (Å²) in [5.41, 5.74) is 7.14. The number of hydrogen-bond acceptors (Lipinski definition) is 6. The molecular formula is C10H13N5O5. The van der Waals surface area contributed by atoms with Gasteiger partial charge < -0.3 is 14.9 Å². The van der Waals surface area contributed by atoms with Crippen LogP contribution >= 0.6 is 0 Å². The minimum absolute atomic E-state index is 0.0323. The number of H-pyrrole nitrogens is 1. The molecule has 3 atom stereocenters. The third-order valence-corrected chi connectivity index (χ3v) is 3.15. The van der Waals surface area contributed by atoms with Crippen LogP contribution in [0.1, 0.15) is 18.2 Å². The summed E-state index contributed by atoms with van der Waals surface area (Å²) in [6, 6.07) is 0. The summed E-state index contributed by atoms with van der Waals surface area (Å²) in [5, 5.41) is 22.1. The molecule has 0 aliphatic carbocycles. The van der Waals surface area contributed by atoms with Crippen molar-refractivity contribution in [2.45, 2.75) is 31.8 Å². The molecule has 1 aromatic rings. The third kappa shape index (κ3) is 2.32. The standard InChI is InChI=1S/C10H13N5O5/c1-4-8(13-14-11)15(10(19)12-9(4)18)7-2-5(17)6(3-16)20-7/h5-7,16-17H,2-3H2,1H3,(H,12,18,19)/t5?,6-,7-/m1/s1. The molecule has 0 bridgehead atoms. The summed E-state index contributed by atoms with van der Waals surface area (Å²) >= 11 is 0.